The maximum Gasteiger partial charge on any atom is 0.411 e. The third kappa shape index (κ3) is 3.03. The number of hydrogen-bond acceptors (Lipinski definition) is 5. The molecular formula is C25H33ClN2O5S. The fourth-order valence-electron chi connectivity index (χ4n) is 7.11. The standard InChI is InChI=1S/C25H33ClN2O5S/c1-22(2,3)33-21(30)27-19(15-7-9-17(26)10-8-15)24(27,6)20(29)28-18-13-16-11-12-25(18,23(16,4)5)14-34(28,31)32/h7-10,16,18-19H,11-14H2,1-6H3/t16-,18-,19+,24-,25-,27?/m1/s1. The molecule has 2 saturated carbocycles. The Balaban J connectivity index is 1.54. The summed E-state index contributed by atoms with van der Waals surface area (Å²) >= 11 is 6.06. The highest BCUT2D eigenvalue weighted by molar-refractivity contribution is 7.90. The number of carbonyl (C=O) groups excluding carboxylic acids is 2. The van der Waals surface area contributed by atoms with Crippen LogP contribution < -0.4 is 0 Å². The number of fused-ring (bicyclic) bond motifs is 1. The van der Waals surface area contributed by atoms with E-state index in [1.54, 1.807) is 52.0 Å². The lowest BCUT2D eigenvalue weighted by Crippen LogP contribution is -2.50. The maximum atomic E-state index is 14.2. The molecular weight excluding hydrogens is 476 g/mol. The van der Waals surface area contributed by atoms with Crippen molar-refractivity contribution < 1.29 is 22.7 Å². The van der Waals surface area contributed by atoms with Gasteiger partial charge in [0.05, 0.1) is 17.8 Å². The SMILES string of the molecule is CC(C)(C)OC(=O)N1[C@@H](c2ccc(Cl)cc2)[C@]1(C)C(=O)N1[C@@H]2C[C@H]3CC[C@]2(CS1(=O)=O)C3(C)C. The average molecular weight is 509 g/mol. The number of amides is 2. The van der Waals surface area contributed by atoms with E-state index >= 15 is 0 Å². The number of nitrogens with zero attached hydrogens (tertiary/aromatic N) is 2. The molecule has 2 heterocycles. The molecule has 5 atom stereocenters. The van der Waals surface area contributed by atoms with Crippen molar-refractivity contribution in [2.24, 2.45) is 16.7 Å². The van der Waals surface area contributed by atoms with Crippen LogP contribution >= 0.6 is 11.6 Å². The molecule has 34 heavy (non-hydrogen) atoms. The smallest absolute Gasteiger partial charge is 0.411 e. The lowest BCUT2D eigenvalue weighted by Gasteiger charge is -2.37. The highest BCUT2D eigenvalue weighted by Crippen LogP contribution is 2.70. The molecule has 2 bridgehead atoms. The van der Waals surface area contributed by atoms with Crippen molar-refractivity contribution in [3.05, 3.63) is 34.9 Å². The lowest BCUT2D eigenvalue weighted by molar-refractivity contribution is -0.132. The summed E-state index contributed by atoms with van der Waals surface area (Å²) in [6.07, 6.45) is 1.86. The predicted octanol–water partition coefficient (Wildman–Crippen LogP) is 4.76. The zero-order valence-corrected chi connectivity index (χ0v) is 22.2. The molecule has 2 aliphatic heterocycles. The Kier molecular flexibility index (Phi) is 4.86. The maximum absolute atomic E-state index is 14.2. The fourth-order valence-corrected chi connectivity index (χ4v) is 9.85. The van der Waals surface area contributed by atoms with Gasteiger partial charge in [0.25, 0.3) is 5.91 Å². The van der Waals surface area contributed by atoms with Gasteiger partial charge in [0.1, 0.15) is 11.1 Å². The molecule has 9 heteroatoms. The van der Waals surface area contributed by atoms with Crippen LogP contribution in [0.15, 0.2) is 24.3 Å². The number of rotatable bonds is 2. The van der Waals surface area contributed by atoms with E-state index < -0.39 is 44.6 Å². The van der Waals surface area contributed by atoms with Crippen LogP contribution in [-0.2, 0) is 19.6 Å². The molecule has 4 fully saturated rings. The second-order valence-electron chi connectivity index (χ2n) is 12.2. The highest BCUT2D eigenvalue weighted by Gasteiger charge is 2.77. The molecule has 0 N–H and O–H groups in total. The monoisotopic (exact) mass is 508 g/mol. The summed E-state index contributed by atoms with van der Waals surface area (Å²) in [4.78, 5) is 28.7. The van der Waals surface area contributed by atoms with Gasteiger partial charge in [-0.3, -0.25) is 9.69 Å². The fraction of sp³-hybridized carbons (Fsp3) is 0.680. The Morgan fingerprint density at radius 3 is 2.29 bits per heavy atom. The van der Waals surface area contributed by atoms with Gasteiger partial charge >= 0.3 is 6.09 Å². The first-order chi connectivity index (χ1) is 15.6. The van der Waals surface area contributed by atoms with Crippen molar-refractivity contribution in [1.29, 1.82) is 0 Å². The van der Waals surface area contributed by atoms with Gasteiger partial charge in [0.15, 0.2) is 0 Å². The van der Waals surface area contributed by atoms with Crippen molar-refractivity contribution >= 4 is 33.6 Å². The summed E-state index contributed by atoms with van der Waals surface area (Å²) in [6, 6.07) is 5.95. The summed E-state index contributed by atoms with van der Waals surface area (Å²) in [5.41, 5.74) is -1.98. The number of ether oxygens (including phenoxy) is 1. The molecule has 2 saturated heterocycles. The normalized spacial score (nSPS) is 37.0. The van der Waals surface area contributed by atoms with Crippen LogP contribution in [0.25, 0.3) is 0 Å². The number of hydrogen-bond donors (Lipinski definition) is 0. The molecule has 7 nitrogen and oxygen atoms in total. The molecule has 0 unspecified atom stereocenters. The van der Waals surface area contributed by atoms with E-state index in [1.165, 1.54) is 4.90 Å². The molecule has 2 aliphatic carbocycles. The summed E-state index contributed by atoms with van der Waals surface area (Å²) in [5, 5.41) is 0.537. The molecule has 5 rings (SSSR count). The van der Waals surface area contributed by atoms with Gasteiger partial charge in [-0.15, -0.1) is 0 Å². The first kappa shape index (κ1) is 23.9. The van der Waals surface area contributed by atoms with E-state index in [2.05, 4.69) is 13.8 Å². The topological polar surface area (TPSA) is 83.8 Å². The molecule has 1 aromatic rings. The second-order valence-corrected chi connectivity index (χ2v) is 14.5. The number of sulfonamides is 1. The molecule has 0 radical (unpaired) electrons. The summed E-state index contributed by atoms with van der Waals surface area (Å²) in [6.45, 7) is 11.2. The first-order valence-electron chi connectivity index (χ1n) is 11.9. The van der Waals surface area contributed by atoms with Gasteiger partial charge in [-0.1, -0.05) is 37.6 Å². The highest BCUT2D eigenvalue weighted by atomic mass is 35.5. The van der Waals surface area contributed by atoms with E-state index in [9.17, 15) is 18.0 Å². The Morgan fingerprint density at radius 2 is 1.74 bits per heavy atom. The zero-order valence-electron chi connectivity index (χ0n) is 20.6. The molecule has 1 spiro atoms. The third-order valence-electron chi connectivity index (χ3n) is 9.04. The van der Waals surface area contributed by atoms with Gasteiger partial charge in [-0.25, -0.2) is 17.5 Å². The average Bonchev–Trinajstić information content (AvgIpc) is 3.08. The van der Waals surface area contributed by atoms with Gasteiger partial charge < -0.3 is 4.74 Å². The predicted molar refractivity (Wildman–Crippen MR) is 129 cm³/mol. The van der Waals surface area contributed by atoms with Crippen LogP contribution in [0.1, 0.15) is 72.4 Å². The largest absolute Gasteiger partial charge is 0.444 e. The summed E-state index contributed by atoms with van der Waals surface area (Å²) < 4.78 is 33.8. The van der Waals surface area contributed by atoms with Crippen molar-refractivity contribution in [3.63, 3.8) is 0 Å². The summed E-state index contributed by atoms with van der Waals surface area (Å²) in [5.74, 6) is -0.151. The summed E-state index contributed by atoms with van der Waals surface area (Å²) in [7, 11) is -3.82. The van der Waals surface area contributed by atoms with E-state index in [-0.39, 0.29) is 17.2 Å². The zero-order chi connectivity index (χ0) is 25.1. The van der Waals surface area contributed by atoms with Crippen LogP contribution in [-0.4, -0.2) is 52.6 Å². The van der Waals surface area contributed by atoms with E-state index in [4.69, 9.17) is 16.3 Å². The van der Waals surface area contributed by atoms with Crippen LogP contribution in [0.3, 0.4) is 0 Å². The minimum Gasteiger partial charge on any atom is -0.444 e. The lowest BCUT2D eigenvalue weighted by atomic mass is 9.69. The number of halogens is 1. The van der Waals surface area contributed by atoms with Gasteiger partial charge in [0, 0.05) is 10.4 Å². The molecule has 186 valence electrons. The third-order valence-corrected chi connectivity index (χ3v) is 11.2. The molecule has 2 amide bonds. The van der Waals surface area contributed by atoms with Crippen LogP contribution in [0.2, 0.25) is 5.02 Å². The Morgan fingerprint density at radius 1 is 1.12 bits per heavy atom. The molecule has 1 aromatic carbocycles. The number of carbonyl (C=O) groups is 2. The number of benzene rings is 1. The van der Waals surface area contributed by atoms with Crippen molar-refractivity contribution in [2.75, 3.05) is 5.75 Å². The minimum absolute atomic E-state index is 0.00592. The quantitative estimate of drug-likeness (QED) is 0.538. The molecule has 4 aliphatic rings. The van der Waals surface area contributed by atoms with Gasteiger partial charge in [-0.05, 0) is 76.0 Å². The van der Waals surface area contributed by atoms with Crippen LogP contribution in [0.4, 0.5) is 4.79 Å². The van der Waals surface area contributed by atoms with E-state index in [0.717, 1.165) is 17.1 Å². The van der Waals surface area contributed by atoms with Crippen molar-refractivity contribution in [2.45, 2.75) is 84.0 Å². The van der Waals surface area contributed by atoms with Crippen molar-refractivity contribution in [1.82, 2.24) is 9.21 Å². The van der Waals surface area contributed by atoms with Gasteiger partial charge in [-0.2, -0.15) is 0 Å². The van der Waals surface area contributed by atoms with Crippen LogP contribution in [0.5, 0.6) is 0 Å². The Labute approximate surface area is 206 Å². The Hall–Kier alpha value is -1.80. The van der Waals surface area contributed by atoms with Gasteiger partial charge in [0.2, 0.25) is 10.0 Å². The molecule has 0 aromatic heterocycles. The van der Waals surface area contributed by atoms with E-state index in [1.807, 2.05) is 0 Å². The Bertz CT molecular complexity index is 1170. The van der Waals surface area contributed by atoms with Crippen molar-refractivity contribution in [3.8, 4) is 0 Å². The van der Waals surface area contributed by atoms with Crippen LogP contribution in [0, 0.1) is 16.7 Å². The minimum atomic E-state index is -3.82. The second kappa shape index (κ2) is 6.90. The first-order valence-corrected chi connectivity index (χ1v) is 13.9. The van der Waals surface area contributed by atoms with E-state index in [0.29, 0.717) is 22.9 Å².